The van der Waals surface area contributed by atoms with E-state index >= 15 is 0 Å². The van der Waals surface area contributed by atoms with Crippen molar-refractivity contribution in [2.24, 2.45) is 0 Å². The van der Waals surface area contributed by atoms with Gasteiger partial charge in [-0.05, 0) is 73.7 Å². The lowest BCUT2D eigenvalue weighted by molar-refractivity contribution is -0.157. The van der Waals surface area contributed by atoms with Crippen LogP contribution in [0.25, 0.3) is 27.4 Å². The van der Waals surface area contributed by atoms with Crippen LogP contribution in [0.2, 0.25) is 0 Å². The number of alkyl halides is 3. The highest BCUT2D eigenvalue weighted by Crippen LogP contribution is 2.39. The van der Waals surface area contributed by atoms with E-state index in [1.807, 2.05) is 0 Å². The van der Waals surface area contributed by atoms with E-state index in [0.29, 0.717) is 16.0 Å². The van der Waals surface area contributed by atoms with E-state index in [1.165, 1.54) is 35.6 Å². The fourth-order valence-electron chi connectivity index (χ4n) is 3.67. The van der Waals surface area contributed by atoms with Gasteiger partial charge >= 0.3 is 12.1 Å². The third kappa shape index (κ3) is 6.87. The lowest BCUT2D eigenvalue weighted by Crippen LogP contribution is -2.27. The molecular weight excluding hydrogens is 553 g/mol. The zero-order valence-corrected chi connectivity index (χ0v) is 23.1. The molecule has 0 radical (unpaired) electrons. The Kier molecular flexibility index (Phi) is 7.63. The van der Waals surface area contributed by atoms with E-state index in [9.17, 15) is 26.4 Å². The van der Waals surface area contributed by atoms with Gasteiger partial charge in [0.2, 0.25) is 0 Å². The van der Waals surface area contributed by atoms with Gasteiger partial charge in [-0.15, -0.1) is 11.3 Å². The highest BCUT2D eigenvalue weighted by molar-refractivity contribution is 7.90. The van der Waals surface area contributed by atoms with Crippen LogP contribution in [0.3, 0.4) is 0 Å². The van der Waals surface area contributed by atoms with Gasteiger partial charge in [-0.25, -0.2) is 17.9 Å². The highest BCUT2D eigenvalue weighted by Gasteiger charge is 2.36. The van der Waals surface area contributed by atoms with Crippen LogP contribution in [0.1, 0.15) is 26.5 Å². The molecule has 0 fully saturated rings. The Bertz CT molecular complexity index is 1620. The van der Waals surface area contributed by atoms with Crippen LogP contribution in [-0.4, -0.2) is 42.6 Å². The molecule has 39 heavy (non-hydrogen) atoms. The van der Waals surface area contributed by atoms with Crippen LogP contribution >= 0.6 is 11.3 Å². The number of esters is 1. The van der Waals surface area contributed by atoms with Crippen molar-refractivity contribution in [2.75, 3.05) is 12.9 Å². The van der Waals surface area contributed by atoms with Crippen LogP contribution < -0.4 is 4.74 Å². The number of ether oxygens (including phenoxy) is 2. The molecule has 2 aromatic carbocycles. The van der Waals surface area contributed by atoms with Crippen molar-refractivity contribution >= 4 is 27.1 Å². The number of hydrogen-bond donors (Lipinski definition) is 0. The summed E-state index contributed by atoms with van der Waals surface area (Å²) in [6.07, 6.45) is -3.61. The Labute approximate surface area is 227 Å². The Morgan fingerprint density at radius 1 is 1.00 bits per heavy atom. The van der Waals surface area contributed by atoms with Crippen molar-refractivity contribution in [3.8, 4) is 33.1 Å². The Morgan fingerprint density at radius 2 is 1.72 bits per heavy atom. The van der Waals surface area contributed by atoms with Gasteiger partial charge in [0, 0.05) is 6.26 Å². The van der Waals surface area contributed by atoms with Crippen molar-refractivity contribution < 1.29 is 35.9 Å². The van der Waals surface area contributed by atoms with Crippen LogP contribution in [0.15, 0.2) is 70.9 Å². The van der Waals surface area contributed by atoms with Crippen molar-refractivity contribution in [2.45, 2.75) is 37.4 Å². The summed E-state index contributed by atoms with van der Waals surface area (Å²) in [5.41, 5.74) is -0.255. The summed E-state index contributed by atoms with van der Waals surface area (Å²) in [5.74, 6) is -0.493. The molecule has 0 saturated heterocycles. The summed E-state index contributed by atoms with van der Waals surface area (Å²) < 4.78 is 77.2. The number of hydrogen-bond acceptors (Lipinski definition) is 7. The van der Waals surface area contributed by atoms with Gasteiger partial charge in [0.05, 0.1) is 15.5 Å². The summed E-state index contributed by atoms with van der Waals surface area (Å²) in [5, 5.41) is 5.55. The first-order valence-corrected chi connectivity index (χ1v) is 14.4. The van der Waals surface area contributed by atoms with E-state index in [1.54, 1.807) is 56.5 Å². The number of para-hydroxylation sites is 2. The molecule has 2 aromatic heterocycles. The predicted octanol–water partition coefficient (Wildman–Crippen LogP) is 6.41. The number of halogens is 3. The minimum Gasteiger partial charge on any atom is -0.480 e. The molecule has 206 valence electrons. The van der Waals surface area contributed by atoms with Crippen molar-refractivity contribution in [3.05, 3.63) is 71.7 Å². The lowest BCUT2D eigenvalue weighted by atomic mass is 10.1. The number of benzene rings is 2. The summed E-state index contributed by atoms with van der Waals surface area (Å²) in [7, 11) is -3.44. The van der Waals surface area contributed by atoms with Gasteiger partial charge in [-0.2, -0.15) is 18.3 Å². The third-order valence-corrected chi connectivity index (χ3v) is 7.37. The first-order valence-electron chi connectivity index (χ1n) is 11.6. The molecule has 0 bridgehead atoms. The number of rotatable bonds is 7. The van der Waals surface area contributed by atoms with Gasteiger partial charge in [-0.1, -0.05) is 24.3 Å². The van der Waals surface area contributed by atoms with Crippen LogP contribution in [0.4, 0.5) is 13.2 Å². The summed E-state index contributed by atoms with van der Waals surface area (Å²) in [4.78, 5) is 12.8. The number of thiophene rings is 1. The fourth-order valence-corrected chi connectivity index (χ4v) is 5.25. The molecular formula is C27H25F3N2O5S2. The number of aromatic nitrogens is 2. The Morgan fingerprint density at radius 3 is 2.38 bits per heavy atom. The minimum atomic E-state index is -4.71. The van der Waals surface area contributed by atoms with Crippen LogP contribution in [-0.2, 0) is 25.5 Å². The van der Waals surface area contributed by atoms with E-state index in [-0.39, 0.29) is 22.0 Å². The van der Waals surface area contributed by atoms with Gasteiger partial charge in [-0.3, -0.25) is 0 Å². The number of carbonyl (C=O) groups excluding carboxylic acids is 1. The monoisotopic (exact) mass is 578 g/mol. The Balaban J connectivity index is 1.75. The lowest BCUT2D eigenvalue weighted by Gasteiger charge is -2.20. The smallest absolute Gasteiger partial charge is 0.435 e. The van der Waals surface area contributed by atoms with E-state index in [4.69, 9.17) is 9.47 Å². The van der Waals surface area contributed by atoms with Crippen LogP contribution in [0.5, 0.6) is 5.75 Å². The topological polar surface area (TPSA) is 87.5 Å². The standard InChI is InChI=1S/C27H25F3N2O5S2/c1-26(2,3)37-25(33)15-36-22-11-6-5-10-20(22)32-21(14-24(31-32)27(28,29)30)23-13-18(16-38-23)17-8-7-9-19(12-17)39(4,34)35/h5-14,16H,15H2,1-4H3. The maximum atomic E-state index is 13.7. The Hall–Kier alpha value is -3.64. The summed E-state index contributed by atoms with van der Waals surface area (Å²) in [6, 6.07) is 15.2. The molecule has 4 aromatic rings. The predicted molar refractivity (Wildman–Crippen MR) is 142 cm³/mol. The molecule has 0 unspecified atom stereocenters. The quantitative estimate of drug-likeness (QED) is 0.236. The molecule has 0 N–H and O–H groups in total. The van der Waals surface area contributed by atoms with E-state index in [2.05, 4.69) is 5.10 Å². The fraction of sp³-hybridized carbons (Fsp3) is 0.259. The zero-order valence-electron chi connectivity index (χ0n) is 21.4. The van der Waals surface area contributed by atoms with E-state index in [0.717, 1.165) is 17.0 Å². The summed E-state index contributed by atoms with van der Waals surface area (Å²) in [6.45, 7) is 4.68. The normalized spacial score (nSPS) is 12.4. The molecule has 0 saturated carbocycles. The van der Waals surface area contributed by atoms with Crippen LogP contribution in [0, 0.1) is 0 Å². The average molecular weight is 579 g/mol. The molecule has 7 nitrogen and oxygen atoms in total. The first kappa shape index (κ1) is 28.4. The van der Waals surface area contributed by atoms with Gasteiger partial charge in [0.15, 0.2) is 22.1 Å². The second-order valence-corrected chi connectivity index (χ2v) is 12.6. The number of carbonyl (C=O) groups is 1. The summed E-state index contributed by atoms with van der Waals surface area (Å²) >= 11 is 1.18. The zero-order chi connectivity index (χ0) is 28.6. The molecule has 0 aliphatic heterocycles. The number of nitrogens with zero attached hydrogens (tertiary/aromatic N) is 2. The third-order valence-electron chi connectivity index (χ3n) is 5.31. The molecule has 0 aliphatic rings. The maximum Gasteiger partial charge on any atom is 0.435 e. The molecule has 0 spiro atoms. The second-order valence-electron chi connectivity index (χ2n) is 9.67. The highest BCUT2D eigenvalue weighted by atomic mass is 32.2. The molecule has 4 rings (SSSR count). The molecule has 12 heteroatoms. The van der Waals surface area contributed by atoms with E-state index < -0.39 is 39.9 Å². The average Bonchev–Trinajstić information content (AvgIpc) is 3.49. The maximum absolute atomic E-state index is 13.7. The minimum absolute atomic E-state index is 0.133. The largest absolute Gasteiger partial charge is 0.480 e. The molecule has 0 atom stereocenters. The van der Waals surface area contributed by atoms with Crippen molar-refractivity contribution in [3.63, 3.8) is 0 Å². The van der Waals surface area contributed by atoms with Gasteiger partial charge in [0.1, 0.15) is 17.0 Å². The van der Waals surface area contributed by atoms with Crippen molar-refractivity contribution in [1.29, 1.82) is 0 Å². The molecule has 2 heterocycles. The second kappa shape index (κ2) is 10.5. The first-order chi connectivity index (χ1) is 18.1. The SMILES string of the molecule is CC(C)(C)OC(=O)COc1ccccc1-n1nc(C(F)(F)F)cc1-c1cc(-c2cccc(S(C)(=O)=O)c2)cs1. The molecule has 0 amide bonds. The van der Waals surface area contributed by atoms with Crippen molar-refractivity contribution in [1.82, 2.24) is 9.78 Å². The number of sulfone groups is 1. The van der Waals surface area contributed by atoms with Gasteiger partial charge in [0.25, 0.3) is 0 Å². The molecule has 0 aliphatic carbocycles. The van der Waals surface area contributed by atoms with Gasteiger partial charge < -0.3 is 9.47 Å².